The molecule has 0 unspecified atom stereocenters. The van der Waals surface area contributed by atoms with E-state index in [9.17, 15) is 14.4 Å². The van der Waals surface area contributed by atoms with Gasteiger partial charge in [-0.1, -0.05) is 24.3 Å². The summed E-state index contributed by atoms with van der Waals surface area (Å²) < 4.78 is 0. The van der Waals surface area contributed by atoms with Crippen LogP contribution in [-0.4, -0.2) is 44.0 Å². The third kappa shape index (κ3) is 3.92. The summed E-state index contributed by atoms with van der Waals surface area (Å²) in [6, 6.07) is 11.1. The Hall–Kier alpha value is -3.39. The highest BCUT2D eigenvalue weighted by Crippen LogP contribution is 2.43. The van der Waals surface area contributed by atoms with Gasteiger partial charge in [-0.25, -0.2) is 4.98 Å². The van der Waals surface area contributed by atoms with E-state index >= 15 is 0 Å². The number of rotatable bonds is 6. The molecule has 0 aliphatic carbocycles. The summed E-state index contributed by atoms with van der Waals surface area (Å²) in [6.45, 7) is 2.74. The number of amides is 3. The Morgan fingerprint density at radius 3 is 2.68 bits per heavy atom. The van der Waals surface area contributed by atoms with Crippen molar-refractivity contribution in [2.75, 3.05) is 6.54 Å². The number of nitrogens with zero attached hydrogens (tertiary/aromatic N) is 4. The van der Waals surface area contributed by atoms with Gasteiger partial charge in [-0.2, -0.15) is 0 Å². The molecule has 174 valence electrons. The van der Waals surface area contributed by atoms with Gasteiger partial charge in [0.1, 0.15) is 5.01 Å². The fourth-order valence-corrected chi connectivity index (χ4v) is 6.05. The largest absolute Gasteiger partial charge is 0.333 e. The van der Waals surface area contributed by atoms with Gasteiger partial charge in [-0.15, -0.1) is 11.3 Å². The number of benzene rings is 1. The summed E-state index contributed by atoms with van der Waals surface area (Å²) in [6.07, 6.45) is 6.76. The van der Waals surface area contributed by atoms with Gasteiger partial charge >= 0.3 is 0 Å². The van der Waals surface area contributed by atoms with Crippen LogP contribution in [0.15, 0.2) is 60.4 Å². The van der Waals surface area contributed by atoms with Gasteiger partial charge < -0.3 is 4.90 Å². The first-order chi connectivity index (χ1) is 16.5. The van der Waals surface area contributed by atoms with Crippen molar-refractivity contribution in [2.45, 2.75) is 50.6 Å². The van der Waals surface area contributed by atoms with Crippen molar-refractivity contribution in [3.05, 3.63) is 82.1 Å². The smallest absolute Gasteiger partial charge is 0.241 e. The number of pyridine rings is 1. The van der Waals surface area contributed by atoms with E-state index in [-0.39, 0.29) is 43.1 Å². The van der Waals surface area contributed by atoms with Crippen molar-refractivity contribution in [1.29, 1.82) is 0 Å². The molecular formula is C26H26N4O3S. The molecular weight excluding hydrogens is 448 g/mol. The summed E-state index contributed by atoms with van der Waals surface area (Å²) in [5.74, 6) is -0.661. The Kier molecular flexibility index (Phi) is 6.00. The molecule has 34 heavy (non-hydrogen) atoms. The van der Waals surface area contributed by atoms with E-state index in [2.05, 4.69) is 9.97 Å². The van der Waals surface area contributed by atoms with Crippen LogP contribution in [-0.2, 0) is 26.3 Å². The normalized spacial score (nSPS) is 22.6. The van der Waals surface area contributed by atoms with Gasteiger partial charge in [0.15, 0.2) is 0 Å². The van der Waals surface area contributed by atoms with E-state index in [1.54, 1.807) is 42.1 Å². The molecule has 2 fully saturated rings. The molecule has 1 aromatic carbocycles. The van der Waals surface area contributed by atoms with Crippen molar-refractivity contribution < 1.29 is 14.4 Å². The molecule has 2 aliphatic rings. The van der Waals surface area contributed by atoms with E-state index in [4.69, 9.17) is 0 Å². The standard InChI is InChI=1S/C26H26N4O3S/c1-18-5-2-3-6-20(18)26(15-22(31)29-13-4-7-21(29)24-28-12-14-34-24)16-23(32)30(25(26)33)17-19-8-10-27-11-9-19/h2-3,5-6,8-12,14,21H,4,7,13,15-17H2,1H3/t21-,26+/m0/s1. The van der Waals surface area contributed by atoms with Crippen LogP contribution in [0.4, 0.5) is 0 Å². The number of hydrogen-bond acceptors (Lipinski definition) is 6. The van der Waals surface area contributed by atoms with Crippen LogP contribution in [0.2, 0.25) is 0 Å². The van der Waals surface area contributed by atoms with Crippen LogP contribution in [0.5, 0.6) is 0 Å². The summed E-state index contributed by atoms with van der Waals surface area (Å²) in [5, 5.41) is 2.84. The molecule has 2 atom stereocenters. The van der Waals surface area contributed by atoms with Gasteiger partial charge in [0.2, 0.25) is 17.7 Å². The van der Waals surface area contributed by atoms with Crippen LogP contribution < -0.4 is 0 Å². The number of aromatic nitrogens is 2. The zero-order valence-corrected chi connectivity index (χ0v) is 19.8. The second kappa shape index (κ2) is 9.10. The van der Waals surface area contributed by atoms with Crippen molar-refractivity contribution >= 4 is 29.1 Å². The minimum absolute atomic E-state index is 0.0106. The maximum Gasteiger partial charge on any atom is 0.241 e. The lowest BCUT2D eigenvalue weighted by Crippen LogP contribution is -2.43. The lowest BCUT2D eigenvalue weighted by atomic mass is 9.74. The van der Waals surface area contributed by atoms with Crippen LogP contribution >= 0.6 is 11.3 Å². The molecule has 2 aromatic heterocycles. The molecule has 0 spiro atoms. The molecule has 2 saturated heterocycles. The van der Waals surface area contributed by atoms with E-state index in [1.165, 1.54) is 4.90 Å². The average molecular weight is 475 g/mol. The quantitative estimate of drug-likeness (QED) is 0.508. The molecule has 4 heterocycles. The Labute approximate surface area is 202 Å². The highest BCUT2D eigenvalue weighted by molar-refractivity contribution is 7.09. The van der Waals surface area contributed by atoms with Gasteiger partial charge in [0.05, 0.1) is 18.0 Å². The van der Waals surface area contributed by atoms with Crippen LogP contribution in [0.1, 0.15) is 53.4 Å². The van der Waals surface area contributed by atoms with Crippen LogP contribution in [0, 0.1) is 6.92 Å². The maximum absolute atomic E-state index is 14.0. The topological polar surface area (TPSA) is 83.5 Å². The zero-order valence-electron chi connectivity index (χ0n) is 19.0. The van der Waals surface area contributed by atoms with Gasteiger partial charge in [-0.05, 0) is 48.6 Å². The first-order valence-electron chi connectivity index (χ1n) is 11.5. The van der Waals surface area contributed by atoms with Gasteiger partial charge in [0.25, 0.3) is 0 Å². The van der Waals surface area contributed by atoms with Crippen LogP contribution in [0.25, 0.3) is 0 Å². The van der Waals surface area contributed by atoms with E-state index in [0.29, 0.717) is 6.54 Å². The number of carbonyl (C=O) groups is 3. The number of hydrogen-bond donors (Lipinski definition) is 0. The Morgan fingerprint density at radius 1 is 1.15 bits per heavy atom. The van der Waals surface area contributed by atoms with Crippen molar-refractivity contribution in [2.24, 2.45) is 0 Å². The summed E-state index contributed by atoms with van der Waals surface area (Å²) in [7, 11) is 0. The Morgan fingerprint density at radius 2 is 1.94 bits per heavy atom. The molecule has 0 radical (unpaired) electrons. The zero-order chi connectivity index (χ0) is 23.7. The number of likely N-dealkylation sites (tertiary alicyclic amines) is 2. The second-order valence-corrected chi connectivity index (χ2v) is 9.93. The van der Waals surface area contributed by atoms with Crippen molar-refractivity contribution in [3.8, 4) is 0 Å². The first-order valence-corrected chi connectivity index (χ1v) is 12.4. The van der Waals surface area contributed by atoms with Crippen LogP contribution in [0.3, 0.4) is 0 Å². The third-order valence-electron chi connectivity index (χ3n) is 6.92. The number of thiazole rings is 1. The predicted octanol–water partition coefficient (Wildman–Crippen LogP) is 3.80. The minimum atomic E-state index is -1.21. The fraction of sp³-hybridized carbons (Fsp3) is 0.346. The molecule has 3 amide bonds. The second-order valence-electron chi connectivity index (χ2n) is 9.01. The summed E-state index contributed by atoms with van der Waals surface area (Å²) >= 11 is 1.55. The molecule has 0 bridgehead atoms. The molecule has 5 rings (SSSR count). The molecule has 0 N–H and O–H groups in total. The van der Waals surface area contributed by atoms with Crippen molar-refractivity contribution in [1.82, 2.24) is 19.8 Å². The van der Waals surface area contributed by atoms with E-state index in [0.717, 1.165) is 34.5 Å². The molecule has 2 aliphatic heterocycles. The highest BCUT2D eigenvalue weighted by atomic mass is 32.1. The number of carbonyl (C=O) groups excluding carboxylic acids is 3. The average Bonchev–Trinajstić information content (AvgIpc) is 3.58. The number of aryl methyl sites for hydroxylation is 1. The molecule has 8 heteroatoms. The first kappa shape index (κ1) is 22.4. The maximum atomic E-state index is 14.0. The fourth-order valence-electron chi connectivity index (χ4n) is 5.27. The Bertz CT molecular complexity index is 1210. The molecule has 0 saturated carbocycles. The molecule has 7 nitrogen and oxygen atoms in total. The van der Waals surface area contributed by atoms with E-state index < -0.39 is 5.41 Å². The minimum Gasteiger partial charge on any atom is -0.333 e. The predicted molar refractivity (Wildman–Crippen MR) is 128 cm³/mol. The highest BCUT2D eigenvalue weighted by Gasteiger charge is 2.55. The summed E-state index contributed by atoms with van der Waals surface area (Å²) in [4.78, 5) is 52.5. The summed E-state index contributed by atoms with van der Waals surface area (Å²) in [5.41, 5.74) is 1.28. The lowest BCUT2D eigenvalue weighted by molar-refractivity contribution is -0.143. The lowest BCUT2D eigenvalue weighted by Gasteiger charge is -2.32. The van der Waals surface area contributed by atoms with Crippen molar-refractivity contribution in [3.63, 3.8) is 0 Å². The van der Waals surface area contributed by atoms with E-state index in [1.807, 2.05) is 41.5 Å². The number of imide groups is 1. The molecule has 3 aromatic rings. The van der Waals surface area contributed by atoms with Gasteiger partial charge in [-0.3, -0.25) is 24.3 Å². The third-order valence-corrected chi connectivity index (χ3v) is 7.80. The SMILES string of the molecule is Cc1ccccc1[C@@]1(CC(=O)N2CCC[C@H]2c2nccs2)CC(=O)N(Cc2ccncc2)C1=O. The Balaban J connectivity index is 1.49. The monoisotopic (exact) mass is 474 g/mol. The van der Waals surface area contributed by atoms with Gasteiger partial charge in [0, 0.05) is 43.4 Å².